The minimum absolute atomic E-state index is 0.0379. The maximum Gasteiger partial charge on any atom is 0.234 e. The molecule has 2 N–H and O–H groups in total. The highest BCUT2D eigenvalue weighted by atomic mass is 35.5. The van der Waals surface area contributed by atoms with E-state index in [9.17, 15) is 9.90 Å². The van der Waals surface area contributed by atoms with Gasteiger partial charge in [0.1, 0.15) is 0 Å². The third-order valence-corrected chi connectivity index (χ3v) is 3.42. The Kier molecular flexibility index (Phi) is 4.58. The number of carbonyl (C=O) groups excluding carboxylic acids is 1. The maximum absolute atomic E-state index is 11.7. The molecule has 1 heterocycles. The van der Waals surface area contributed by atoms with Crippen molar-refractivity contribution in [2.75, 3.05) is 19.6 Å². The second-order valence-corrected chi connectivity index (χ2v) is 4.95. The summed E-state index contributed by atoms with van der Waals surface area (Å²) in [5.41, 5.74) is 0.911. The van der Waals surface area contributed by atoms with E-state index >= 15 is 0 Å². The highest BCUT2D eigenvalue weighted by Crippen LogP contribution is 2.14. The normalized spacial score (nSPS) is 20.0. The first-order chi connectivity index (χ1) is 8.65. The number of benzene rings is 1. The van der Waals surface area contributed by atoms with Crippen LogP contribution in [-0.2, 0) is 11.3 Å². The molecule has 1 fully saturated rings. The fourth-order valence-electron chi connectivity index (χ4n) is 2.05. The van der Waals surface area contributed by atoms with Crippen molar-refractivity contribution in [3.05, 3.63) is 34.9 Å². The lowest BCUT2D eigenvalue weighted by Gasteiger charge is -2.14. The zero-order chi connectivity index (χ0) is 13.0. The van der Waals surface area contributed by atoms with Crippen molar-refractivity contribution >= 4 is 17.5 Å². The van der Waals surface area contributed by atoms with E-state index in [0.29, 0.717) is 24.7 Å². The zero-order valence-electron chi connectivity index (χ0n) is 10.1. The van der Waals surface area contributed by atoms with Gasteiger partial charge in [-0.3, -0.25) is 9.69 Å². The maximum atomic E-state index is 11.7. The van der Waals surface area contributed by atoms with Crippen molar-refractivity contribution in [3.63, 3.8) is 0 Å². The van der Waals surface area contributed by atoms with E-state index in [1.807, 2.05) is 23.1 Å². The monoisotopic (exact) mass is 268 g/mol. The second kappa shape index (κ2) is 6.18. The number of carbonyl (C=O) groups is 1. The first kappa shape index (κ1) is 13.3. The Morgan fingerprint density at radius 1 is 1.50 bits per heavy atom. The van der Waals surface area contributed by atoms with Gasteiger partial charge in [0.05, 0.1) is 12.6 Å². The van der Waals surface area contributed by atoms with Crippen molar-refractivity contribution in [3.8, 4) is 0 Å². The summed E-state index contributed by atoms with van der Waals surface area (Å²) in [6.45, 7) is 2.14. The van der Waals surface area contributed by atoms with Crippen LogP contribution in [-0.4, -0.2) is 41.7 Å². The van der Waals surface area contributed by atoms with Gasteiger partial charge in [-0.05, 0) is 18.1 Å². The van der Waals surface area contributed by atoms with Crippen LogP contribution >= 0.6 is 11.6 Å². The lowest BCUT2D eigenvalue weighted by atomic mass is 10.2. The number of rotatable bonds is 4. The fourth-order valence-corrected chi connectivity index (χ4v) is 2.25. The van der Waals surface area contributed by atoms with Crippen LogP contribution in [0.4, 0.5) is 0 Å². The molecule has 0 aromatic heterocycles. The lowest BCUT2D eigenvalue weighted by molar-refractivity contribution is -0.122. The van der Waals surface area contributed by atoms with Gasteiger partial charge in [-0.15, -0.1) is 0 Å². The van der Waals surface area contributed by atoms with E-state index in [2.05, 4.69) is 5.32 Å². The summed E-state index contributed by atoms with van der Waals surface area (Å²) >= 11 is 6.00. The van der Waals surface area contributed by atoms with Crippen molar-refractivity contribution in [1.82, 2.24) is 10.2 Å². The fraction of sp³-hybridized carbons (Fsp3) is 0.462. The van der Waals surface area contributed by atoms with E-state index in [4.69, 9.17) is 11.6 Å². The smallest absolute Gasteiger partial charge is 0.234 e. The standard InChI is InChI=1S/C13H17ClN2O2/c14-12-4-2-1-3-10(12)7-15-13(18)9-16-6-5-11(17)8-16/h1-4,11,17H,5-9H2,(H,15,18)/t11-/m1/s1. The number of hydrogen-bond acceptors (Lipinski definition) is 3. The molecule has 0 saturated carbocycles. The van der Waals surface area contributed by atoms with Gasteiger partial charge in [-0.25, -0.2) is 0 Å². The highest BCUT2D eigenvalue weighted by molar-refractivity contribution is 6.31. The molecule has 5 heteroatoms. The molecular formula is C13H17ClN2O2. The minimum Gasteiger partial charge on any atom is -0.392 e. The van der Waals surface area contributed by atoms with Crippen LogP contribution in [0.3, 0.4) is 0 Å². The summed E-state index contributed by atoms with van der Waals surface area (Å²) in [7, 11) is 0. The molecule has 1 aliphatic heterocycles. The molecule has 0 unspecified atom stereocenters. The molecule has 0 radical (unpaired) electrons. The summed E-state index contributed by atoms with van der Waals surface area (Å²) in [5, 5.41) is 12.9. The number of hydrogen-bond donors (Lipinski definition) is 2. The summed E-state index contributed by atoms with van der Waals surface area (Å²) in [6.07, 6.45) is 0.457. The number of β-amino-alcohol motifs (C(OH)–C–C–N with tert-alkyl or cyclic N) is 1. The van der Waals surface area contributed by atoms with E-state index in [0.717, 1.165) is 18.5 Å². The summed E-state index contributed by atoms with van der Waals surface area (Å²) in [4.78, 5) is 13.7. The van der Waals surface area contributed by atoms with E-state index < -0.39 is 0 Å². The number of nitrogens with one attached hydrogen (secondary N) is 1. The molecule has 1 saturated heterocycles. The van der Waals surface area contributed by atoms with Crippen LogP contribution in [0.25, 0.3) is 0 Å². The minimum atomic E-state index is -0.290. The van der Waals surface area contributed by atoms with Crippen molar-refractivity contribution in [1.29, 1.82) is 0 Å². The molecular weight excluding hydrogens is 252 g/mol. The Labute approximate surface area is 112 Å². The molecule has 98 valence electrons. The molecule has 4 nitrogen and oxygen atoms in total. The number of aliphatic hydroxyl groups excluding tert-OH is 1. The van der Waals surface area contributed by atoms with Gasteiger partial charge >= 0.3 is 0 Å². The molecule has 1 amide bonds. The Bertz CT molecular complexity index is 425. The number of aliphatic hydroxyl groups is 1. The van der Waals surface area contributed by atoms with Crippen molar-refractivity contribution in [2.45, 2.75) is 19.1 Å². The molecule has 0 bridgehead atoms. The molecule has 1 aromatic rings. The molecule has 1 atom stereocenters. The van der Waals surface area contributed by atoms with Gasteiger partial charge in [0, 0.05) is 24.7 Å². The quantitative estimate of drug-likeness (QED) is 0.857. The molecule has 0 spiro atoms. The molecule has 1 aliphatic rings. The lowest BCUT2D eigenvalue weighted by Crippen LogP contribution is -2.36. The van der Waals surface area contributed by atoms with Gasteiger partial charge in [0.15, 0.2) is 0 Å². The Morgan fingerprint density at radius 3 is 2.94 bits per heavy atom. The Balaban J connectivity index is 1.77. The van der Waals surface area contributed by atoms with Crippen LogP contribution in [0.15, 0.2) is 24.3 Å². The van der Waals surface area contributed by atoms with Crippen LogP contribution in [0.1, 0.15) is 12.0 Å². The van der Waals surface area contributed by atoms with Crippen molar-refractivity contribution < 1.29 is 9.90 Å². The Morgan fingerprint density at radius 2 is 2.28 bits per heavy atom. The van der Waals surface area contributed by atoms with Crippen LogP contribution in [0, 0.1) is 0 Å². The molecule has 1 aromatic carbocycles. The number of likely N-dealkylation sites (tertiary alicyclic amines) is 1. The number of amides is 1. The second-order valence-electron chi connectivity index (χ2n) is 4.55. The predicted octanol–water partition coefficient (Wildman–Crippen LogP) is 1.02. The first-order valence-electron chi connectivity index (χ1n) is 6.05. The van der Waals surface area contributed by atoms with Crippen LogP contribution < -0.4 is 5.32 Å². The Hall–Kier alpha value is -1.10. The van der Waals surface area contributed by atoms with Crippen LogP contribution in [0.2, 0.25) is 5.02 Å². The van der Waals surface area contributed by atoms with Gasteiger partial charge in [-0.2, -0.15) is 0 Å². The average molecular weight is 269 g/mol. The predicted molar refractivity (Wildman–Crippen MR) is 70.4 cm³/mol. The summed E-state index contributed by atoms with van der Waals surface area (Å²) in [5.74, 6) is -0.0379. The van der Waals surface area contributed by atoms with Crippen LogP contribution in [0.5, 0.6) is 0 Å². The van der Waals surface area contributed by atoms with Gasteiger partial charge in [0.2, 0.25) is 5.91 Å². The number of nitrogens with zero attached hydrogens (tertiary/aromatic N) is 1. The summed E-state index contributed by atoms with van der Waals surface area (Å²) < 4.78 is 0. The number of halogens is 1. The third kappa shape index (κ3) is 3.70. The third-order valence-electron chi connectivity index (χ3n) is 3.05. The SMILES string of the molecule is O=C(CN1CC[C@@H](O)C1)NCc1ccccc1Cl. The van der Waals surface area contributed by atoms with Crippen molar-refractivity contribution in [2.24, 2.45) is 0 Å². The van der Waals surface area contributed by atoms with Gasteiger partial charge in [-0.1, -0.05) is 29.8 Å². The topological polar surface area (TPSA) is 52.6 Å². The summed E-state index contributed by atoms with van der Waals surface area (Å²) in [6, 6.07) is 7.45. The first-order valence-corrected chi connectivity index (χ1v) is 6.43. The van der Waals surface area contributed by atoms with Gasteiger partial charge in [0.25, 0.3) is 0 Å². The van der Waals surface area contributed by atoms with Gasteiger partial charge < -0.3 is 10.4 Å². The molecule has 18 heavy (non-hydrogen) atoms. The largest absolute Gasteiger partial charge is 0.392 e. The molecule has 0 aliphatic carbocycles. The van der Waals surface area contributed by atoms with E-state index in [1.165, 1.54) is 0 Å². The van der Waals surface area contributed by atoms with E-state index in [-0.39, 0.29) is 12.0 Å². The molecule has 2 rings (SSSR count). The average Bonchev–Trinajstić information content (AvgIpc) is 2.74. The zero-order valence-corrected chi connectivity index (χ0v) is 10.9. The van der Waals surface area contributed by atoms with E-state index in [1.54, 1.807) is 6.07 Å². The highest BCUT2D eigenvalue weighted by Gasteiger charge is 2.21.